The van der Waals surface area contributed by atoms with E-state index in [0.29, 0.717) is 10.6 Å². The number of benzene rings is 1. The molecule has 6 heteroatoms. The van der Waals surface area contributed by atoms with Gasteiger partial charge in [0.2, 0.25) is 0 Å². The summed E-state index contributed by atoms with van der Waals surface area (Å²) < 4.78 is 5.17. The monoisotopic (exact) mass is 341 g/mol. The van der Waals surface area contributed by atoms with E-state index in [0.717, 1.165) is 0 Å². The summed E-state index contributed by atoms with van der Waals surface area (Å²) in [7, 11) is 0. The number of rotatable bonds is 5. The summed E-state index contributed by atoms with van der Waals surface area (Å²) in [6.45, 7) is 8.93. The number of carbonyl (C=O) groups excluding carboxylic acids is 1. The van der Waals surface area contributed by atoms with Crippen LogP contribution in [0.5, 0.6) is 0 Å². The molecule has 0 fully saturated rings. The second-order valence-corrected chi connectivity index (χ2v) is 7.16. The Morgan fingerprint density at radius 3 is 2.22 bits per heavy atom. The van der Waals surface area contributed by atoms with E-state index in [9.17, 15) is 14.7 Å². The van der Waals surface area contributed by atoms with Crippen molar-refractivity contribution in [2.24, 2.45) is 5.92 Å². The van der Waals surface area contributed by atoms with Gasteiger partial charge in [0.05, 0.1) is 0 Å². The number of nitrogens with one attached hydrogen (secondary N) is 1. The standard InChI is InChI=1S/C17H24ClNO4/c1-10(2)13(11-8-6-7-9-12(11)18)14(15(20)21)19-16(22)23-17(3,4)5/h6-10,13-14H,1-5H3,(H,19,22)(H,20,21)/t13?,14-/m0/s1. The molecule has 1 unspecified atom stereocenters. The van der Waals surface area contributed by atoms with E-state index in [4.69, 9.17) is 16.3 Å². The van der Waals surface area contributed by atoms with Gasteiger partial charge in [0.15, 0.2) is 0 Å². The van der Waals surface area contributed by atoms with E-state index >= 15 is 0 Å². The maximum atomic E-state index is 12.0. The quantitative estimate of drug-likeness (QED) is 0.846. The van der Waals surface area contributed by atoms with Crippen LogP contribution in [0.2, 0.25) is 5.02 Å². The summed E-state index contributed by atoms with van der Waals surface area (Å²) in [6, 6.07) is 5.92. The third kappa shape index (κ3) is 5.75. The number of carboxylic acids is 1. The zero-order valence-electron chi connectivity index (χ0n) is 14.1. The Kier molecular flexibility index (Phi) is 6.45. The molecule has 2 N–H and O–H groups in total. The lowest BCUT2D eigenvalue weighted by Crippen LogP contribution is -2.48. The first-order chi connectivity index (χ1) is 10.5. The van der Waals surface area contributed by atoms with Gasteiger partial charge in [-0.05, 0) is 38.3 Å². The molecule has 1 amide bonds. The molecular weight excluding hydrogens is 318 g/mol. The van der Waals surface area contributed by atoms with Crippen molar-refractivity contribution in [2.75, 3.05) is 0 Å². The Labute approximate surface area is 142 Å². The Morgan fingerprint density at radius 2 is 1.78 bits per heavy atom. The van der Waals surface area contributed by atoms with Gasteiger partial charge in [-0.1, -0.05) is 43.6 Å². The molecule has 1 aromatic rings. The third-order valence-electron chi connectivity index (χ3n) is 3.28. The van der Waals surface area contributed by atoms with Crippen molar-refractivity contribution in [3.63, 3.8) is 0 Å². The SMILES string of the molecule is CC(C)C(c1ccccc1Cl)[C@H](NC(=O)OC(C)(C)C)C(=O)O. The summed E-state index contributed by atoms with van der Waals surface area (Å²) in [5.74, 6) is -1.66. The predicted octanol–water partition coefficient (Wildman–Crippen LogP) is 4.06. The minimum Gasteiger partial charge on any atom is -0.480 e. The highest BCUT2D eigenvalue weighted by atomic mass is 35.5. The Balaban J connectivity index is 3.12. The Hall–Kier alpha value is -1.75. The maximum Gasteiger partial charge on any atom is 0.408 e. The molecule has 2 atom stereocenters. The molecular formula is C17H24ClNO4. The zero-order valence-corrected chi connectivity index (χ0v) is 14.8. The molecule has 0 radical (unpaired) electrons. The topological polar surface area (TPSA) is 75.6 Å². The van der Waals surface area contributed by atoms with Gasteiger partial charge in [-0.2, -0.15) is 0 Å². The van der Waals surface area contributed by atoms with Crippen molar-refractivity contribution < 1.29 is 19.4 Å². The van der Waals surface area contributed by atoms with Gasteiger partial charge in [-0.25, -0.2) is 9.59 Å². The van der Waals surface area contributed by atoms with E-state index < -0.39 is 29.6 Å². The molecule has 0 aliphatic carbocycles. The zero-order chi connectivity index (χ0) is 17.8. The summed E-state index contributed by atoms with van der Waals surface area (Å²) in [5.41, 5.74) is -0.0159. The number of ether oxygens (including phenoxy) is 1. The van der Waals surface area contributed by atoms with Crippen molar-refractivity contribution in [1.82, 2.24) is 5.32 Å². The first-order valence-corrected chi connectivity index (χ1v) is 7.87. The van der Waals surface area contributed by atoms with Gasteiger partial charge >= 0.3 is 12.1 Å². The molecule has 0 spiro atoms. The second-order valence-electron chi connectivity index (χ2n) is 6.75. The number of hydrogen-bond donors (Lipinski definition) is 2. The summed E-state index contributed by atoms with van der Waals surface area (Å²) >= 11 is 6.22. The lowest BCUT2D eigenvalue weighted by Gasteiger charge is -2.30. The lowest BCUT2D eigenvalue weighted by molar-refractivity contribution is -0.140. The van der Waals surface area contributed by atoms with E-state index in [1.807, 2.05) is 13.8 Å². The third-order valence-corrected chi connectivity index (χ3v) is 3.62. The molecule has 0 bridgehead atoms. The number of halogens is 1. The maximum absolute atomic E-state index is 12.0. The second kappa shape index (κ2) is 7.68. The normalized spacial score (nSPS) is 14.2. The van der Waals surface area contributed by atoms with Gasteiger partial charge in [0, 0.05) is 10.9 Å². The lowest BCUT2D eigenvalue weighted by atomic mass is 9.82. The molecule has 0 saturated heterocycles. The molecule has 1 aromatic carbocycles. The van der Waals surface area contributed by atoms with Gasteiger partial charge in [-0.15, -0.1) is 0 Å². The summed E-state index contributed by atoms with van der Waals surface area (Å²) in [5, 5.41) is 12.5. The average Bonchev–Trinajstić information content (AvgIpc) is 2.37. The van der Waals surface area contributed by atoms with Crippen LogP contribution >= 0.6 is 11.6 Å². The number of carboxylic acid groups (broad SMARTS) is 1. The Bertz CT molecular complexity index is 566. The number of carbonyl (C=O) groups is 2. The van der Waals surface area contributed by atoms with Crippen molar-refractivity contribution in [2.45, 2.75) is 52.2 Å². The van der Waals surface area contributed by atoms with Crippen molar-refractivity contribution >= 4 is 23.7 Å². The van der Waals surface area contributed by atoms with Gasteiger partial charge < -0.3 is 15.2 Å². The van der Waals surface area contributed by atoms with Crippen molar-refractivity contribution in [1.29, 1.82) is 0 Å². The molecule has 1 rings (SSSR count). The fourth-order valence-electron chi connectivity index (χ4n) is 2.41. The highest BCUT2D eigenvalue weighted by Crippen LogP contribution is 2.33. The van der Waals surface area contributed by atoms with Crippen LogP contribution in [0.15, 0.2) is 24.3 Å². The van der Waals surface area contributed by atoms with Crippen molar-refractivity contribution in [3.8, 4) is 0 Å². The molecule has 128 valence electrons. The molecule has 0 aliphatic heterocycles. The van der Waals surface area contributed by atoms with E-state index in [-0.39, 0.29) is 5.92 Å². The van der Waals surface area contributed by atoms with Gasteiger partial charge in [-0.3, -0.25) is 0 Å². The van der Waals surface area contributed by atoms with Crippen LogP contribution in [0.3, 0.4) is 0 Å². The minimum absolute atomic E-state index is 0.0501. The van der Waals surface area contributed by atoms with Crippen LogP contribution in [-0.4, -0.2) is 28.8 Å². The summed E-state index contributed by atoms with van der Waals surface area (Å²) in [4.78, 5) is 23.7. The number of hydrogen-bond acceptors (Lipinski definition) is 3. The van der Waals surface area contributed by atoms with E-state index in [1.54, 1.807) is 45.0 Å². The predicted molar refractivity (Wildman–Crippen MR) is 89.8 cm³/mol. The number of alkyl carbamates (subject to hydrolysis) is 1. The molecule has 0 aromatic heterocycles. The smallest absolute Gasteiger partial charge is 0.408 e. The Morgan fingerprint density at radius 1 is 1.22 bits per heavy atom. The minimum atomic E-state index is -1.13. The van der Waals surface area contributed by atoms with Crippen LogP contribution in [0.1, 0.15) is 46.1 Å². The molecule has 0 aliphatic rings. The van der Waals surface area contributed by atoms with Gasteiger partial charge in [0.1, 0.15) is 11.6 Å². The number of amides is 1. The largest absolute Gasteiger partial charge is 0.480 e. The van der Waals surface area contributed by atoms with Crippen LogP contribution in [0.4, 0.5) is 4.79 Å². The highest BCUT2D eigenvalue weighted by molar-refractivity contribution is 6.31. The highest BCUT2D eigenvalue weighted by Gasteiger charge is 2.35. The van der Waals surface area contributed by atoms with Crippen LogP contribution in [0, 0.1) is 5.92 Å². The van der Waals surface area contributed by atoms with E-state index in [1.165, 1.54) is 0 Å². The molecule has 23 heavy (non-hydrogen) atoms. The van der Waals surface area contributed by atoms with Crippen LogP contribution in [-0.2, 0) is 9.53 Å². The molecule has 0 heterocycles. The van der Waals surface area contributed by atoms with Crippen LogP contribution < -0.4 is 5.32 Å². The summed E-state index contributed by atoms with van der Waals surface area (Å²) in [6.07, 6.45) is -0.761. The fourth-order valence-corrected chi connectivity index (χ4v) is 2.67. The first-order valence-electron chi connectivity index (χ1n) is 7.49. The molecule has 0 saturated carbocycles. The van der Waals surface area contributed by atoms with Crippen molar-refractivity contribution in [3.05, 3.63) is 34.9 Å². The van der Waals surface area contributed by atoms with Gasteiger partial charge in [0.25, 0.3) is 0 Å². The van der Waals surface area contributed by atoms with Crippen LogP contribution in [0.25, 0.3) is 0 Å². The first kappa shape index (κ1) is 19.3. The van der Waals surface area contributed by atoms with E-state index in [2.05, 4.69) is 5.32 Å². The number of aliphatic carboxylic acids is 1. The molecule has 5 nitrogen and oxygen atoms in total. The average molecular weight is 342 g/mol. The fraction of sp³-hybridized carbons (Fsp3) is 0.529.